The largest absolute Gasteiger partial charge is 0.368 e. The fourth-order valence-corrected chi connectivity index (χ4v) is 4.62. The summed E-state index contributed by atoms with van der Waals surface area (Å²) in [6.45, 7) is 5.54. The lowest BCUT2D eigenvalue weighted by Gasteiger charge is -2.37. The van der Waals surface area contributed by atoms with E-state index in [9.17, 15) is 4.79 Å². The zero-order chi connectivity index (χ0) is 18.4. The van der Waals surface area contributed by atoms with E-state index in [0.29, 0.717) is 10.5 Å². The molecule has 144 valence electrons. The zero-order valence-corrected chi connectivity index (χ0v) is 18.2. The van der Waals surface area contributed by atoms with Crippen LogP contribution < -0.4 is 10.2 Å². The van der Waals surface area contributed by atoms with Gasteiger partial charge in [-0.3, -0.25) is 9.69 Å². The molecular weight excluding hydrogens is 461 g/mol. The number of nitrogens with zero attached hydrogens (tertiary/aromatic N) is 2. The number of anilines is 1. The van der Waals surface area contributed by atoms with Crippen LogP contribution >= 0.6 is 34.2 Å². The summed E-state index contributed by atoms with van der Waals surface area (Å²) < 4.78 is 0.567. The van der Waals surface area contributed by atoms with Gasteiger partial charge < -0.3 is 10.2 Å². The van der Waals surface area contributed by atoms with Gasteiger partial charge in [0.2, 0.25) is 5.91 Å². The van der Waals surface area contributed by atoms with Crippen LogP contribution in [0.3, 0.4) is 0 Å². The highest BCUT2D eigenvalue weighted by Crippen LogP contribution is 2.28. The molecule has 4 nitrogen and oxygen atoms in total. The second-order valence-corrected chi connectivity index (χ2v) is 8.66. The van der Waals surface area contributed by atoms with Crippen molar-refractivity contribution in [3.8, 4) is 0 Å². The van der Waals surface area contributed by atoms with Crippen molar-refractivity contribution in [2.75, 3.05) is 42.1 Å². The Balaban J connectivity index is 1.35. The minimum Gasteiger partial charge on any atom is -0.368 e. The van der Waals surface area contributed by atoms with Crippen LogP contribution in [-0.2, 0) is 4.79 Å². The summed E-state index contributed by atoms with van der Waals surface area (Å²) in [6, 6.07) is 8.55. The minimum absolute atomic E-state index is 0.186. The summed E-state index contributed by atoms with van der Waals surface area (Å²) in [4.78, 5) is 16.5. The molecule has 26 heavy (non-hydrogen) atoms. The molecule has 0 unspecified atom stereocenters. The summed E-state index contributed by atoms with van der Waals surface area (Å²) in [7, 11) is 0. The van der Waals surface area contributed by atoms with Gasteiger partial charge in [-0.15, -0.1) is 0 Å². The second kappa shape index (κ2) is 10.1. The summed E-state index contributed by atoms with van der Waals surface area (Å²) in [5.41, 5.74) is 1.17. The maximum Gasteiger partial charge on any atom is 0.230 e. The number of piperazine rings is 1. The van der Waals surface area contributed by atoms with E-state index in [1.807, 2.05) is 12.1 Å². The highest BCUT2D eigenvalue weighted by atomic mass is 127. The molecule has 0 bridgehead atoms. The number of benzene rings is 1. The summed E-state index contributed by atoms with van der Waals surface area (Å²) in [5.74, 6) is 1.01. The molecule has 1 saturated carbocycles. The summed E-state index contributed by atoms with van der Waals surface area (Å²) in [5, 5.41) is 4.00. The number of nitrogens with one attached hydrogen (secondary N) is 1. The smallest absolute Gasteiger partial charge is 0.230 e. The van der Waals surface area contributed by atoms with Gasteiger partial charge >= 0.3 is 0 Å². The van der Waals surface area contributed by atoms with E-state index in [2.05, 4.69) is 49.8 Å². The Morgan fingerprint density at radius 2 is 1.81 bits per heavy atom. The SMILES string of the molecule is O=C(CI)NC1CCC(CCN2CCN(c3ccccc3Cl)CC2)CC1. The molecule has 1 aromatic carbocycles. The number of halogens is 2. The molecule has 1 amide bonds. The average molecular weight is 490 g/mol. The van der Waals surface area contributed by atoms with Crippen molar-refractivity contribution in [3.05, 3.63) is 29.3 Å². The quantitative estimate of drug-likeness (QED) is 0.485. The van der Waals surface area contributed by atoms with Gasteiger partial charge in [0.15, 0.2) is 0 Å². The summed E-state index contributed by atoms with van der Waals surface area (Å²) in [6.07, 6.45) is 6.09. The summed E-state index contributed by atoms with van der Waals surface area (Å²) >= 11 is 8.46. The van der Waals surface area contributed by atoms with Crippen LogP contribution in [0.25, 0.3) is 0 Å². The molecule has 1 aromatic rings. The number of hydrogen-bond donors (Lipinski definition) is 1. The lowest BCUT2D eigenvalue weighted by Crippen LogP contribution is -2.47. The number of para-hydroxylation sites is 1. The van der Waals surface area contributed by atoms with Gasteiger partial charge in [0.25, 0.3) is 0 Å². The molecule has 2 fully saturated rings. The third kappa shape index (κ3) is 5.73. The van der Waals surface area contributed by atoms with Gasteiger partial charge in [0, 0.05) is 32.2 Å². The molecule has 0 aromatic heterocycles. The van der Waals surface area contributed by atoms with Crippen LogP contribution in [0.15, 0.2) is 24.3 Å². The van der Waals surface area contributed by atoms with Crippen molar-refractivity contribution >= 4 is 45.8 Å². The van der Waals surface area contributed by atoms with Crippen molar-refractivity contribution in [2.24, 2.45) is 5.92 Å². The van der Waals surface area contributed by atoms with Crippen molar-refractivity contribution in [1.29, 1.82) is 0 Å². The van der Waals surface area contributed by atoms with Gasteiger partial charge in [-0.25, -0.2) is 0 Å². The minimum atomic E-state index is 0.186. The monoisotopic (exact) mass is 489 g/mol. The van der Waals surface area contributed by atoms with Gasteiger partial charge in [-0.2, -0.15) is 0 Å². The predicted octanol–water partition coefficient (Wildman–Crippen LogP) is 3.96. The fraction of sp³-hybridized carbons (Fsp3) is 0.650. The van der Waals surface area contributed by atoms with E-state index in [1.165, 1.54) is 31.5 Å². The third-order valence-corrected chi connectivity index (χ3v) is 6.76. The maximum absolute atomic E-state index is 11.5. The molecule has 3 rings (SSSR count). The zero-order valence-electron chi connectivity index (χ0n) is 15.3. The first-order valence-corrected chi connectivity index (χ1v) is 11.6. The van der Waals surface area contributed by atoms with E-state index < -0.39 is 0 Å². The molecule has 1 N–H and O–H groups in total. The molecule has 0 spiro atoms. The van der Waals surface area contributed by atoms with E-state index in [4.69, 9.17) is 11.6 Å². The van der Waals surface area contributed by atoms with Crippen LogP contribution in [-0.4, -0.2) is 54.0 Å². The van der Waals surface area contributed by atoms with E-state index in [0.717, 1.165) is 50.0 Å². The molecule has 0 radical (unpaired) electrons. The number of rotatable bonds is 6. The Kier molecular flexibility index (Phi) is 7.88. The van der Waals surface area contributed by atoms with Crippen LogP contribution in [0.5, 0.6) is 0 Å². The topological polar surface area (TPSA) is 35.6 Å². The molecule has 0 atom stereocenters. The normalized spacial score (nSPS) is 24.5. The van der Waals surface area contributed by atoms with Gasteiger partial charge in [0.05, 0.1) is 15.1 Å². The van der Waals surface area contributed by atoms with E-state index in [-0.39, 0.29) is 5.91 Å². The van der Waals surface area contributed by atoms with Gasteiger partial charge in [-0.05, 0) is 56.7 Å². The Bertz CT molecular complexity index is 584. The van der Waals surface area contributed by atoms with Gasteiger partial charge in [0.1, 0.15) is 0 Å². The number of amides is 1. The molecule has 6 heteroatoms. The first-order valence-electron chi connectivity index (χ1n) is 9.73. The van der Waals surface area contributed by atoms with Crippen molar-refractivity contribution < 1.29 is 4.79 Å². The number of hydrogen-bond acceptors (Lipinski definition) is 3. The molecule has 1 heterocycles. The van der Waals surface area contributed by atoms with Crippen LogP contribution in [0.2, 0.25) is 5.02 Å². The number of alkyl halides is 1. The van der Waals surface area contributed by atoms with Crippen molar-refractivity contribution in [3.63, 3.8) is 0 Å². The Hall–Kier alpha value is -0.530. The Morgan fingerprint density at radius 1 is 1.12 bits per heavy atom. The third-order valence-electron chi connectivity index (χ3n) is 5.75. The highest BCUT2D eigenvalue weighted by Gasteiger charge is 2.24. The number of carbonyl (C=O) groups is 1. The molecule has 1 aliphatic carbocycles. The fourth-order valence-electron chi connectivity index (χ4n) is 4.15. The van der Waals surface area contributed by atoms with Crippen LogP contribution in [0, 0.1) is 5.92 Å². The van der Waals surface area contributed by atoms with Crippen molar-refractivity contribution in [2.45, 2.75) is 38.1 Å². The number of carbonyl (C=O) groups excluding carboxylic acids is 1. The first-order chi connectivity index (χ1) is 12.7. The Morgan fingerprint density at radius 3 is 2.46 bits per heavy atom. The van der Waals surface area contributed by atoms with E-state index >= 15 is 0 Å². The van der Waals surface area contributed by atoms with Crippen molar-refractivity contribution in [1.82, 2.24) is 10.2 Å². The lowest BCUT2D eigenvalue weighted by atomic mass is 9.84. The Labute approximate surface area is 175 Å². The molecule has 1 aliphatic heterocycles. The average Bonchev–Trinajstić information content (AvgIpc) is 2.68. The lowest BCUT2D eigenvalue weighted by molar-refractivity contribution is -0.119. The molecule has 1 saturated heterocycles. The molecular formula is C20H29ClIN3O. The van der Waals surface area contributed by atoms with Crippen LogP contribution in [0.1, 0.15) is 32.1 Å². The standard InChI is InChI=1S/C20H29ClIN3O/c21-18-3-1-2-4-19(18)25-13-11-24(12-14-25)10-9-16-5-7-17(8-6-16)23-20(26)15-22/h1-4,16-17H,5-15H2,(H,23,26). The van der Waals surface area contributed by atoms with Gasteiger partial charge in [-0.1, -0.05) is 46.3 Å². The second-order valence-electron chi connectivity index (χ2n) is 7.49. The first kappa shape index (κ1) is 20.2. The predicted molar refractivity (Wildman–Crippen MR) is 117 cm³/mol. The van der Waals surface area contributed by atoms with Crippen LogP contribution in [0.4, 0.5) is 5.69 Å². The van der Waals surface area contributed by atoms with E-state index in [1.54, 1.807) is 0 Å². The highest BCUT2D eigenvalue weighted by molar-refractivity contribution is 14.1. The molecule has 2 aliphatic rings. The maximum atomic E-state index is 11.5.